The zero-order valence-electron chi connectivity index (χ0n) is 15.5. The number of ether oxygens (including phenoxy) is 3. The topological polar surface area (TPSA) is 56.8 Å². The fourth-order valence-corrected chi connectivity index (χ4v) is 2.34. The lowest BCUT2D eigenvalue weighted by molar-refractivity contribution is -0.111. The van der Waals surface area contributed by atoms with E-state index in [4.69, 9.17) is 14.2 Å². The Morgan fingerprint density at radius 1 is 1.04 bits per heavy atom. The summed E-state index contributed by atoms with van der Waals surface area (Å²) in [7, 11) is 3.12. The highest BCUT2D eigenvalue weighted by atomic mass is 16.5. The van der Waals surface area contributed by atoms with Crippen LogP contribution in [0.25, 0.3) is 6.08 Å². The highest BCUT2D eigenvalue weighted by Gasteiger charge is 2.06. The standard InChI is InChI=1S/C21H25NO4/c1-4-5-14-26-18-9-7-6-8-16(18)10-13-21(23)22-17-11-12-19(24-2)20(15-17)25-3/h6-13,15H,4-5,14H2,1-3H3,(H,22,23). The molecule has 0 aliphatic carbocycles. The number of rotatable bonds is 9. The number of hydrogen-bond acceptors (Lipinski definition) is 4. The van der Waals surface area contributed by atoms with Crippen molar-refractivity contribution in [3.8, 4) is 17.2 Å². The van der Waals surface area contributed by atoms with Gasteiger partial charge in [-0.1, -0.05) is 31.5 Å². The summed E-state index contributed by atoms with van der Waals surface area (Å²) >= 11 is 0. The van der Waals surface area contributed by atoms with E-state index in [9.17, 15) is 4.79 Å². The zero-order chi connectivity index (χ0) is 18.8. The van der Waals surface area contributed by atoms with Crippen molar-refractivity contribution >= 4 is 17.7 Å². The SMILES string of the molecule is CCCCOc1ccccc1C=CC(=O)Nc1ccc(OC)c(OC)c1. The average Bonchev–Trinajstić information content (AvgIpc) is 2.67. The van der Waals surface area contributed by atoms with Gasteiger partial charge in [-0.2, -0.15) is 0 Å². The summed E-state index contributed by atoms with van der Waals surface area (Å²) in [6, 6.07) is 12.9. The van der Waals surface area contributed by atoms with Crippen LogP contribution in [0.4, 0.5) is 5.69 Å². The number of amides is 1. The third-order valence-electron chi connectivity index (χ3n) is 3.74. The van der Waals surface area contributed by atoms with Gasteiger partial charge in [0.2, 0.25) is 5.91 Å². The Hall–Kier alpha value is -2.95. The van der Waals surface area contributed by atoms with E-state index >= 15 is 0 Å². The summed E-state index contributed by atoms with van der Waals surface area (Å²) in [5, 5.41) is 2.81. The smallest absolute Gasteiger partial charge is 0.248 e. The van der Waals surface area contributed by atoms with Crippen LogP contribution in [-0.4, -0.2) is 26.7 Å². The molecule has 2 aromatic rings. The van der Waals surface area contributed by atoms with Crippen LogP contribution in [-0.2, 0) is 4.79 Å². The second-order valence-corrected chi connectivity index (χ2v) is 5.63. The van der Waals surface area contributed by atoms with Gasteiger partial charge in [0.15, 0.2) is 11.5 Å². The molecule has 0 aromatic heterocycles. The summed E-state index contributed by atoms with van der Waals surface area (Å²) in [4.78, 5) is 12.2. The predicted molar refractivity (Wildman–Crippen MR) is 104 cm³/mol. The van der Waals surface area contributed by atoms with Crippen LogP contribution >= 0.6 is 0 Å². The number of hydrogen-bond donors (Lipinski definition) is 1. The quantitative estimate of drug-likeness (QED) is 0.530. The summed E-state index contributed by atoms with van der Waals surface area (Å²) < 4.78 is 16.2. The van der Waals surface area contributed by atoms with Crippen LogP contribution < -0.4 is 19.5 Å². The lowest BCUT2D eigenvalue weighted by Gasteiger charge is -2.10. The average molecular weight is 355 g/mol. The molecule has 0 atom stereocenters. The normalized spacial score (nSPS) is 10.6. The summed E-state index contributed by atoms with van der Waals surface area (Å²) in [5.74, 6) is 1.71. The van der Waals surface area contributed by atoms with Gasteiger partial charge in [0.05, 0.1) is 20.8 Å². The van der Waals surface area contributed by atoms with Gasteiger partial charge in [-0.3, -0.25) is 4.79 Å². The molecule has 2 rings (SSSR count). The number of para-hydroxylation sites is 1. The van der Waals surface area contributed by atoms with Crippen LogP contribution in [0.3, 0.4) is 0 Å². The van der Waals surface area contributed by atoms with E-state index in [-0.39, 0.29) is 5.91 Å². The van der Waals surface area contributed by atoms with Gasteiger partial charge in [0.25, 0.3) is 0 Å². The van der Waals surface area contributed by atoms with Gasteiger partial charge in [-0.25, -0.2) is 0 Å². The highest BCUT2D eigenvalue weighted by Crippen LogP contribution is 2.29. The van der Waals surface area contributed by atoms with Crippen molar-refractivity contribution in [3.63, 3.8) is 0 Å². The first-order valence-electron chi connectivity index (χ1n) is 8.60. The first-order valence-corrected chi connectivity index (χ1v) is 8.60. The predicted octanol–water partition coefficient (Wildman–Crippen LogP) is 4.53. The van der Waals surface area contributed by atoms with Crippen LogP contribution in [0.1, 0.15) is 25.3 Å². The van der Waals surface area contributed by atoms with Gasteiger partial charge < -0.3 is 19.5 Å². The zero-order valence-corrected chi connectivity index (χ0v) is 15.5. The Kier molecular flexibility index (Phi) is 7.55. The molecular formula is C21H25NO4. The molecule has 0 spiro atoms. The first kappa shape index (κ1) is 19.4. The van der Waals surface area contributed by atoms with E-state index in [1.807, 2.05) is 24.3 Å². The van der Waals surface area contributed by atoms with Crippen LogP contribution in [0.2, 0.25) is 0 Å². The number of unbranched alkanes of at least 4 members (excludes halogenated alkanes) is 1. The molecule has 0 saturated carbocycles. The van der Waals surface area contributed by atoms with Crippen molar-refractivity contribution in [3.05, 3.63) is 54.1 Å². The Bertz CT molecular complexity index is 755. The molecule has 5 heteroatoms. The Morgan fingerprint density at radius 2 is 1.81 bits per heavy atom. The van der Waals surface area contributed by atoms with Crippen molar-refractivity contribution < 1.29 is 19.0 Å². The fourth-order valence-electron chi connectivity index (χ4n) is 2.34. The summed E-state index contributed by atoms with van der Waals surface area (Å²) in [6.45, 7) is 2.78. The number of nitrogens with one attached hydrogen (secondary N) is 1. The molecule has 0 radical (unpaired) electrons. The molecule has 0 unspecified atom stereocenters. The molecule has 0 aliphatic heterocycles. The molecule has 5 nitrogen and oxygen atoms in total. The molecule has 1 N–H and O–H groups in total. The second kappa shape index (κ2) is 10.1. The highest BCUT2D eigenvalue weighted by molar-refractivity contribution is 6.02. The number of carbonyl (C=O) groups excluding carboxylic acids is 1. The van der Waals surface area contributed by atoms with Crippen molar-refractivity contribution in [1.29, 1.82) is 0 Å². The van der Waals surface area contributed by atoms with Gasteiger partial charge in [0, 0.05) is 23.4 Å². The van der Waals surface area contributed by atoms with Gasteiger partial charge in [-0.15, -0.1) is 0 Å². The number of methoxy groups -OCH3 is 2. The van der Waals surface area contributed by atoms with Crippen molar-refractivity contribution in [2.45, 2.75) is 19.8 Å². The summed E-state index contributed by atoms with van der Waals surface area (Å²) in [6.07, 6.45) is 5.31. The molecule has 138 valence electrons. The minimum atomic E-state index is -0.236. The van der Waals surface area contributed by atoms with E-state index < -0.39 is 0 Å². The molecular weight excluding hydrogens is 330 g/mol. The van der Waals surface area contributed by atoms with Crippen LogP contribution in [0.15, 0.2) is 48.5 Å². The number of benzene rings is 2. The van der Waals surface area contributed by atoms with Gasteiger partial charge in [-0.05, 0) is 30.7 Å². The van der Waals surface area contributed by atoms with Crippen LogP contribution in [0, 0.1) is 0 Å². The minimum Gasteiger partial charge on any atom is -0.493 e. The van der Waals surface area contributed by atoms with Crippen molar-refractivity contribution in [2.75, 3.05) is 26.1 Å². The minimum absolute atomic E-state index is 0.236. The molecule has 0 fully saturated rings. The Morgan fingerprint density at radius 3 is 2.54 bits per heavy atom. The molecule has 26 heavy (non-hydrogen) atoms. The third kappa shape index (κ3) is 5.55. The van der Waals surface area contributed by atoms with E-state index in [0.717, 1.165) is 24.2 Å². The molecule has 1 amide bonds. The lowest BCUT2D eigenvalue weighted by atomic mass is 10.2. The van der Waals surface area contributed by atoms with E-state index in [1.54, 1.807) is 38.5 Å². The molecule has 0 heterocycles. The van der Waals surface area contributed by atoms with Crippen molar-refractivity contribution in [2.24, 2.45) is 0 Å². The van der Waals surface area contributed by atoms with Gasteiger partial charge >= 0.3 is 0 Å². The third-order valence-corrected chi connectivity index (χ3v) is 3.74. The maximum absolute atomic E-state index is 12.2. The maximum Gasteiger partial charge on any atom is 0.248 e. The largest absolute Gasteiger partial charge is 0.493 e. The van der Waals surface area contributed by atoms with E-state index in [2.05, 4.69) is 12.2 Å². The molecule has 0 aliphatic rings. The first-order chi connectivity index (χ1) is 12.7. The molecule has 0 bridgehead atoms. The Balaban J connectivity index is 2.04. The monoisotopic (exact) mass is 355 g/mol. The lowest BCUT2D eigenvalue weighted by Crippen LogP contribution is -2.08. The number of carbonyl (C=O) groups is 1. The van der Waals surface area contributed by atoms with Gasteiger partial charge in [0.1, 0.15) is 5.75 Å². The van der Waals surface area contributed by atoms with Crippen molar-refractivity contribution in [1.82, 2.24) is 0 Å². The molecule has 2 aromatic carbocycles. The summed E-state index contributed by atoms with van der Waals surface area (Å²) in [5.41, 5.74) is 1.50. The van der Waals surface area contributed by atoms with Crippen LogP contribution in [0.5, 0.6) is 17.2 Å². The second-order valence-electron chi connectivity index (χ2n) is 5.63. The van der Waals surface area contributed by atoms with E-state index in [1.165, 1.54) is 6.08 Å². The van der Waals surface area contributed by atoms with E-state index in [0.29, 0.717) is 23.8 Å². The fraction of sp³-hybridized carbons (Fsp3) is 0.286. The molecule has 0 saturated heterocycles. The maximum atomic E-state index is 12.2. The Labute approximate surface area is 154 Å². The number of anilines is 1.